The SMILES string of the molecule is O=C(C(=O)c1ccccn1)c1cc(-c2ccc(C(F)(F)F)cc2)nc(C(F)(F)F)c1. The maximum atomic E-state index is 13.3. The first-order chi connectivity index (χ1) is 14.0. The summed E-state index contributed by atoms with van der Waals surface area (Å²) in [6.45, 7) is 0. The standard InChI is InChI=1S/C20H10F6N2O2/c21-19(22,23)13-6-4-11(5-7-13)15-9-12(10-16(28-15)20(24,25)26)17(29)18(30)14-3-1-2-8-27-14/h1-10H. The van der Waals surface area contributed by atoms with Crippen molar-refractivity contribution in [3.8, 4) is 11.3 Å². The third kappa shape index (κ3) is 4.53. The van der Waals surface area contributed by atoms with Gasteiger partial charge in [0.05, 0.1) is 11.3 Å². The van der Waals surface area contributed by atoms with Gasteiger partial charge >= 0.3 is 12.4 Å². The molecular formula is C20H10F6N2O2. The number of pyridine rings is 2. The van der Waals surface area contributed by atoms with Gasteiger partial charge in [-0.05, 0) is 36.4 Å². The minimum Gasteiger partial charge on any atom is -0.285 e. The smallest absolute Gasteiger partial charge is 0.285 e. The normalized spacial score (nSPS) is 11.9. The van der Waals surface area contributed by atoms with Crippen LogP contribution in [0.5, 0.6) is 0 Å². The van der Waals surface area contributed by atoms with E-state index in [-0.39, 0.29) is 11.3 Å². The summed E-state index contributed by atoms with van der Waals surface area (Å²) in [6.07, 6.45) is -8.34. The number of halogens is 6. The van der Waals surface area contributed by atoms with Crippen LogP contribution >= 0.6 is 0 Å². The zero-order valence-corrected chi connectivity index (χ0v) is 14.8. The molecule has 0 aliphatic rings. The number of hydrogen-bond donors (Lipinski definition) is 0. The fraction of sp³-hybridized carbons (Fsp3) is 0.100. The summed E-state index contributed by atoms with van der Waals surface area (Å²) in [5.41, 5.74) is -3.83. The molecule has 0 aliphatic heterocycles. The summed E-state index contributed by atoms with van der Waals surface area (Å²) in [5.74, 6) is -2.39. The van der Waals surface area contributed by atoms with E-state index < -0.39 is 46.4 Å². The summed E-state index contributed by atoms with van der Waals surface area (Å²) >= 11 is 0. The van der Waals surface area contributed by atoms with Crippen molar-refractivity contribution in [1.82, 2.24) is 9.97 Å². The van der Waals surface area contributed by atoms with Gasteiger partial charge in [0.1, 0.15) is 11.4 Å². The minimum absolute atomic E-state index is 0.0894. The molecule has 0 saturated carbocycles. The van der Waals surface area contributed by atoms with E-state index in [2.05, 4.69) is 9.97 Å². The maximum Gasteiger partial charge on any atom is 0.433 e. The molecule has 10 heteroatoms. The Morgan fingerprint density at radius 1 is 0.767 bits per heavy atom. The lowest BCUT2D eigenvalue weighted by Gasteiger charge is -2.12. The van der Waals surface area contributed by atoms with Gasteiger partial charge < -0.3 is 0 Å². The quantitative estimate of drug-likeness (QED) is 0.326. The van der Waals surface area contributed by atoms with E-state index in [0.717, 1.165) is 18.2 Å². The molecule has 2 aromatic heterocycles. The summed E-state index contributed by atoms with van der Waals surface area (Å²) in [4.78, 5) is 31.8. The largest absolute Gasteiger partial charge is 0.433 e. The van der Waals surface area contributed by atoms with Crippen molar-refractivity contribution >= 4 is 11.6 Å². The number of carbonyl (C=O) groups excluding carboxylic acids is 2. The summed E-state index contributed by atoms with van der Waals surface area (Å²) in [7, 11) is 0. The summed E-state index contributed by atoms with van der Waals surface area (Å²) in [6, 6.07) is 8.68. The van der Waals surface area contributed by atoms with E-state index in [4.69, 9.17) is 0 Å². The molecule has 0 fully saturated rings. The third-order valence-electron chi connectivity index (χ3n) is 3.99. The van der Waals surface area contributed by atoms with Crippen LogP contribution in [0.15, 0.2) is 60.8 Å². The number of aromatic nitrogens is 2. The third-order valence-corrected chi connectivity index (χ3v) is 3.99. The molecule has 4 nitrogen and oxygen atoms in total. The van der Waals surface area contributed by atoms with Crippen LogP contribution in [0.4, 0.5) is 26.3 Å². The fourth-order valence-corrected chi connectivity index (χ4v) is 2.53. The number of carbonyl (C=O) groups is 2. The first kappa shape index (κ1) is 21.2. The average molecular weight is 424 g/mol. The Balaban J connectivity index is 2.07. The second kappa shape index (κ2) is 7.69. The van der Waals surface area contributed by atoms with E-state index in [1.165, 1.54) is 24.4 Å². The second-order valence-corrected chi connectivity index (χ2v) is 6.07. The molecule has 154 valence electrons. The minimum atomic E-state index is -4.95. The highest BCUT2D eigenvalue weighted by atomic mass is 19.4. The molecule has 1 aromatic carbocycles. The Labute approximate surface area is 165 Å². The number of nitrogens with zero attached hydrogens (tertiary/aromatic N) is 2. The molecule has 0 unspecified atom stereocenters. The van der Waals surface area contributed by atoms with Gasteiger partial charge in [-0.15, -0.1) is 0 Å². The van der Waals surface area contributed by atoms with Crippen LogP contribution in [0.3, 0.4) is 0 Å². The van der Waals surface area contributed by atoms with E-state index in [1.54, 1.807) is 0 Å². The van der Waals surface area contributed by atoms with Crippen LogP contribution in [0, 0.1) is 0 Å². The predicted molar refractivity (Wildman–Crippen MR) is 92.6 cm³/mol. The Morgan fingerprint density at radius 3 is 1.97 bits per heavy atom. The van der Waals surface area contributed by atoms with E-state index in [1.807, 2.05) is 0 Å². The fourth-order valence-electron chi connectivity index (χ4n) is 2.53. The molecular weight excluding hydrogens is 414 g/mol. The zero-order valence-electron chi connectivity index (χ0n) is 14.8. The number of alkyl halides is 6. The van der Waals surface area contributed by atoms with Gasteiger partial charge in [0.25, 0.3) is 5.78 Å². The van der Waals surface area contributed by atoms with Gasteiger partial charge in [0.15, 0.2) is 0 Å². The monoisotopic (exact) mass is 424 g/mol. The van der Waals surface area contributed by atoms with Gasteiger partial charge in [-0.25, -0.2) is 4.98 Å². The highest BCUT2D eigenvalue weighted by Gasteiger charge is 2.35. The highest BCUT2D eigenvalue weighted by Crippen LogP contribution is 2.33. The molecule has 0 N–H and O–H groups in total. The van der Waals surface area contributed by atoms with E-state index >= 15 is 0 Å². The second-order valence-electron chi connectivity index (χ2n) is 6.07. The number of Topliss-reactive ketones (excluding diaryl/α,β-unsaturated/α-hetero) is 2. The van der Waals surface area contributed by atoms with Crippen molar-refractivity contribution in [2.45, 2.75) is 12.4 Å². The molecule has 30 heavy (non-hydrogen) atoms. The topological polar surface area (TPSA) is 59.9 Å². The molecule has 0 bridgehead atoms. The van der Waals surface area contributed by atoms with Gasteiger partial charge in [-0.3, -0.25) is 14.6 Å². The van der Waals surface area contributed by atoms with Gasteiger partial charge in [-0.2, -0.15) is 26.3 Å². The molecule has 0 spiro atoms. The van der Waals surface area contributed by atoms with Crippen molar-refractivity contribution in [2.24, 2.45) is 0 Å². The first-order valence-corrected chi connectivity index (χ1v) is 8.24. The average Bonchev–Trinajstić information content (AvgIpc) is 2.72. The zero-order chi connectivity index (χ0) is 22.1. The molecule has 0 radical (unpaired) electrons. The van der Waals surface area contributed by atoms with Crippen LogP contribution in [-0.2, 0) is 12.4 Å². The number of hydrogen-bond acceptors (Lipinski definition) is 4. The lowest BCUT2D eigenvalue weighted by Crippen LogP contribution is -2.18. The summed E-state index contributed by atoms with van der Waals surface area (Å²) in [5, 5.41) is 0. The molecule has 0 saturated heterocycles. The highest BCUT2D eigenvalue weighted by molar-refractivity contribution is 6.48. The van der Waals surface area contributed by atoms with Crippen molar-refractivity contribution in [3.05, 3.63) is 83.3 Å². The van der Waals surface area contributed by atoms with Gasteiger partial charge in [0.2, 0.25) is 5.78 Å². The number of benzene rings is 1. The summed E-state index contributed by atoms with van der Waals surface area (Å²) < 4.78 is 77.9. The molecule has 3 rings (SSSR count). The molecule has 0 amide bonds. The van der Waals surface area contributed by atoms with Gasteiger partial charge in [0, 0.05) is 17.3 Å². The lowest BCUT2D eigenvalue weighted by molar-refractivity contribution is -0.141. The van der Waals surface area contributed by atoms with Crippen LogP contribution in [0.2, 0.25) is 0 Å². The van der Waals surface area contributed by atoms with Crippen LogP contribution in [-0.4, -0.2) is 21.5 Å². The predicted octanol–water partition coefficient (Wildman–Crippen LogP) is 5.25. The first-order valence-electron chi connectivity index (χ1n) is 8.24. The molecule has 0 atom stereocenters. The maximum absolute atomic E-state index is 13.3. The Morgan fingerprint density at radius 2 is 1.43 bits per heavy atom. The van der Waals surface area contributed by atoms with Crippen LogP contribution < -0.4 is 0 Å². The Kier molecular flexibility index (Phi) is 5.43. The van der Waals surface area contributed by atoms with E-state index in [9.17, 15) is 35.9 Å². The van der Waals surface area contributed by atoms with Crippen molar-refractivity contribution < 1.29 is 35.9 Å². The number of ketones is 2. The Hall–Kier alpha value is -3.56. The molecule has 3 aromatic rings. The molecule has 0 aliphatic carbocycles. The lowest BCUT2D eigenvalue weighted by atomic mass is 10.0. The Bertz CT molecular complexity index is 1090. The van der Waals surface area contributed by atoms with Crippen molar-refractivity contribution in [3.63, 3.8) is 0 Å². The van der Waals surface area contributed by atoms with Gasteiger partial charge in [-0.1, -0.05) is 18.2 Å². The van der Waals surface area contributed by atoms with E-state index in [0.29, 0.717) is 18.2 Å². The van der Waals surface area contributed by atoms with Crippen molar-refractivity contribution in [2.75, 3.05) is 0 Å². The number of rotatable bonds is 4. The van der Waals surface area contributed by atoms with Crippen molar-refractivity contribution in [1.29, 1.82) is 0 Å². The van der Waals surface area contributed by atoms with Crippen LogP contribution in [0.25, 0.3) is 11.3 Å². The van der Waals surface area contributed by atoms with Crippen LogP contribution in [0.1, 0.15) is 32.1 Å². The molecule has 2 heterocycles.